The van der Waals surface area contributed by atoms with E-state index in [1.807, 2.05) is 0 Å². The molecule has 1 fully saturated rings. The molecule has 1 saturated heterocycles. The number of H-pyrrole nitrogens is 1. The van der Waals surface area contributed by atoms with Crippen molar-refractivity contribution in [2.45, 2.75) is 18.9 Å². The van der Waals surface area contributed by atoms with Gasteiger partial charge in [-0.25, -0.2) is 5.10 Å². The first-order valence-electron chi connectivity index (χ1n) is 5.47. The van der Waals surface area contributed by atoms with Crippen molar-refractivity contribution in [3.8, 4) is 0 Å². The first-order chi connectivity index (χ1) is 8.63. The average Bonchev–Trinajstić information content (AvgIpc) is 2.87. The fourth-order valence-electron chi connectivity index (χ4n) is 1.99. The van der Waals surface area contributed by atoms with Crippen LogP contribution in [0.5, 0.6) is 0 Å². The standard InChI is InChI=1S/C10H13N5O3/c11-9(14-18)7-2-1-5-15(7)10(17)6-3-4-8(16)13-12-6/h3-4,7,18H,1-2,5H2,(H2,11,14)(H,13,16). The number of oxime groups is 1. The van der Waals surface area contributed by atoms with E-state index in [9.17, 15) is 9.59 Å². The first kappa shape index (κ1) is 12.1. The summed E-state index contributed by atoms with van der Waals surface area (Å²) in [5.74, 6) is -0.342. The second-order valence-corrected chi connectivity index (χ2v) is 3.99. The number of nitrogens with one attached hydrogen (secondary N) is 1. The van der Waals surface area contributed by atoms with Gasteiger partial charge in [-0.2, -0.15) is 5.10 Å². The number of nitrogens with two attached hydrogens (primary N) is 1. The smallest absolute Gasteiger partial charge is 0.274 e. The second kappa shape index (κ2) is 4.86. The fraction of sp³-hybridized carbons (Fsp3) is 0.400. The van der Waals surface area contributed by atoms with Gasteiger partial charge in [-0.3, -0.25) is 9.59 Å². The maximum Gasteiger partial charge on any atom is 0.274 e. The van der Waals surface area contributed by atoms with Crippen molar-refractivity contribution < 1.29 is 10.0 Å². The van der Waals surface area contributed by atoms with Gasteiger partial charge in [0.1, 0.15) is 5.69 Å². The van der Waals surface area contributed by atoms with Gasteiger partial charge in [-0.1, -0.05) is 5.16 Å². The summed E-state index contributed by atoms with van der Waals surface area (Å²) in [6.45, 7) is 0.514. The largest absolute Gasteiger partial charge is 0.409 e. The number of amides is 1. The van der Waals surface area contributed by atoms with E-state index in [-0.39, 0.29) is 23.0 Å². The third-order valence-corrected chi connectivity index (χ3v) is 2.87. The Morgan fingerprint density at radius 2 is 2.39 bits per heavy atom. The molecule has 2 heterocycles. The van der Waals surface area contributed by atoms with E-state index in [0.29, 0.717) is 13.0 Å². The lowest BCUT2D eigenvalue weighted by Crippen LogP contribution is -2.44. The van der Waals surface area contributed by atoms with Gasteiger partial charge in [0.15, 0.2) is 5.84 Å². The number of nitrogens with zero attached hydrogens (tertiary/aromatic N) is 3. The molecule has 0 aromatic carbocycles. The Labute approximate surface area is 102 Å². The highest BCUT2D eigenvalue weighted by Gasteiger charge is 2.32. The quantitative estimate of drug-likeness (QED) is 0.272. The number of aromatic nitrogens is 2. The molecular formula is C10H13N5O3. The summed E-state index contributed by atoms with van der Waals surface area (Å²) in [6, 6.07) is 2.16. The predicted molar refractivity (Wildman–Crippen MR) is 62.3 cm³/mol. The van der Waals surface area contributed by atoms with Crippen LogP contribution in [0.4, 0.5) is 0 Å². The Balaban J connectivity index is 2.23. The minimum Gasteiger partial charge on any atom is -0.409 e. The van der Waals surface area contributed by atoms with Crippen molar-refractivity contribution in [2.24, 2.45) is 10.9 Å². The zero-order chi connectivity index (χ0) is 13.1. The SMILES string of the molecule is N/C(=N/O)C1CCCN1C(=O)c1ccc(=O)[nH]n1. The summed E-state index contributed by atoms with van der Waals surface area (Å²) in [5, 5.41) is 17.5. The molecule has 0 bridgehead atoms. The van der Waals surface area contributed by atoms with Gasteiger partial charge in [0.25, 0.3) is 11.5 Å². The van der Waals surface area contributed by atoms with Crippen LogP contribution in [0, 0.1) is 0 Å². The van der Waals surface area contributed by atoms with Crippen molar-refractivity contribution in [1.29, 1.82) is 0 Å². The number of hydrogen-bond acceptors (Lipinski definition) is 5. The fourth-order valence-corrected chi connectivity index (χ4v) is 1.99. The molecule has 1 aliphatic rings. The number of likely N-dealkylation sites (tertiary alicyclic amines) is 1. The van der Waals surface area contributed by atoms with Gasteiger partial charge in [-0.15, -0.1) is 0 Å². The monoisotopic (exact) mass is 251 g/mol. The van der Waals surface area contributed by atoms with Crippen LogP contribution in [-0.4, -0.2) is 44.6 Å². The highest BCUT2D eigenvalue weighted by Crippen LogP contribution is 2.19. The third-order valence-electron chi connectivity index (χ3n) is 2.87. The van der Waals surface area contributed by atoms with E-state index in [1.54, 1.807) is 0 Å². The van der Waals surface area contributed by atoms with Gasteiger partial charge in [0, 0.05) is 12.6 Å². The maximum atomic E-state index is 12.1. The van der Waals surface area contributed by atoms with Crippen molar-refractivity contribution in [1.82, 2.24) is 15.1 Å². The van der Waals surface area contributed by atoms with Crippen molar-refractivity contribution >= 4 is 11.7 Å². The number of hydrogen-bond donors (Lipinski definition) is 3. The van der Waals surface area contributed by atoms with Gasteiger partial charge in [-0.05, 0) is 18.9 Å². The predicted octanol–water partition coefficient (Wildman–Crippen LogP) is -0.879. The van der Waals surface area contributed by atoms with Crippen LogP contribution in [-0.2, 0) is 0 Å². The molecular weight excluding hydrogens is 238 g/mol. The van der Waals surface area contributed by atoms with Crippen molar-refractivity contribution in [2.75, 3.05) is 6.54 Å². The summed E-state index contributed by atoms with van der Waals surface area (Å²) < 4.78 is 0. The zero-order valence-electron chi connectivity index (χ0n) is 9.54. The van der Waals surface area contributed by atoms with Gasteiger partial charge < -0.3 is 15.8 Å². The first-order valence-corrected chi connectivity index (χ1v) is 5.47. The Kier molecular flexibility index (Phi) is 3.26. The van der Waals surface area contributed by atoms with E-state index in [4.69, 9.17) is 10.9 Å². The summed E-state index contributed by atoms with van der Waals surface area (Å²) in [4.78, 5) is 24.5. The van der Waals surface area contributed by atoms with Crippen LogP contribution in [0.3, 0.4) is 0 Å². The molecule has 1 atom stereocenters. The Morgan fingerprint density at radius 3 is 3.00 bits per heavy atom. The van der Waals surface area contributed by atoms with Gasteiger partial charge >= 0.3 is 0 Å². The van der Waals surface area contributed by atoms with Crippen LogP contribution in [0.1, 0.15) is 23.3 Å². The van der Waals surface area contributed by atoms with Crippen LogP contribution < -0.4 is 11.3 Å². The summed E-state index contributed by atoms with van der Waals surface area (Å²) in [5.41, 5.74) is 5.29. The summed E-state index contributed by atoms with van der Waals surface area (Å²) in [7, 11) is 0. The molecule has 2 rings (SSSR count). The number of aromatic amines is 1. The molecule has 96 valence electrons. The summed E-state index contributed by atoms with van der Waals surface area (Å²) in [6.07, 6.45) is 1.42. The normalized spacial score (nSPS) is 20.1. The van der Waals surface area contributed by atoms with Crippen LogP contribution in [0.2, 0.25) is 0 Å². The molecule has 1 unspecified atom stereocenters. The lowest BCUT2D eigenvalue weighted by molar-refractivity contribution is 0.0760. The van der Waals surface area contributed by atoms with E-state index in [2.05, 4.69) is 15.4 Å². The lowest BCUT2D eigenvalue weighted by Gasteiger charge is -2.22. The molecule has 18 heavy (non-hydrogen) atoms. The molecule has 8 heteroatoms. The Bertz CT molecular complexity index is 518. The van der Waals surface area contributed by atoms with Crippen molar-refractivity contribution in [3.63, 3.8) is 0 Å². The third kappa shape index (κ3) is 2.17. The van der Waals surface area contributed by atoms with Crippen molar-refractivity contribution in [3.05, 3.63) is 28.2 Å². The van der Waals surface area contributed by atoms with Crippen LogP contribution in [0.25, 0.3) is 0 Å². The average molecular weight is 251 g/mol. The van der Waals surface area contributed by atoms with E-state index < -0.39 is 6.04 Å². The van der Waals surface area contributed by atoms with Gasteiger partial charge in [0.05, 0.1) is 6.04 Å². The molecule has 8 nitrogen and oxygen atoms in total. The van der Waals surface area contributed by atoms with Gasteiger partial charge in [0.2, 0.25) is 0 Å². The number of carbonyl (C=O) groups is 1. The molecule has 1 aromatic heterocycles. The molecule has 1 aromatic rings. The minimum absolute atomic E-state index is 0.00488. The van der Waals surface area contributed by atoms with E-state index >= 15 is 0 Å². The Hall–Kier alpha value is -2.38. The Morgan fingerprint density at radius 1 is 1.61 bits per heavy atom. The van der Waals surface area contributed by atoms with E-state index in [0.717, 1.165) is 6.42 Å². The topological polar surface area (TPSA) is 125 Å². The second-order valence-electron chi connectivity index (χ2n) is 3.99. The molecule has 4 N–H and O–H groups in total. The molecule has 0 radical (unpaired) electrons. The number of rotatable bonds is 2. The number of amidine groups is 1. The summed E-state index contributed by atoms with van der Waals surface area (Å²) >= 11 is 0. The zero-order valence-corrected chi connectivity index (χ0v) is 9.54. The highest BCUT2D eigenvalue weighted by molar-refractivity contribution is 5.97. The molecule has 0 saturated carbocycles. The van der Waals surface area contributed by atoms with Crippen LogP contribution >= 0.6 is 0 Å². The lowest BCUT2D eigenvalue weighted by atomic mass is 10.2. The molecule has 0 aliphatic carbocycles. The number of carbonyl (C=O) groups excluding carboxylic acids is 1. The molecule has 1 amide bonds. The molecule has 1 aliphatic heterocycles. The molecule has 0 spiro atoms. The maximum absolute atomic E-state index is 12.1. The van der Waals surface area contributed by atoms with Crippen LogP contribution in [0.15, 0.2) is 22.1 Å². The minimum atomic E-state index is -0.420. The highest BCUT2D eigenvalue weighted by atomic mass is 16.4. The van der Waals surface area contributed by atoms with E-state index in [1.165, 1.54) is 17.0 Å².